The average Bonchev–Trinajstić information content (AvgIpc) is 2.62. The molecule has 0 fully saturated rings. The first-order valence-electron chi connectivity index (χ1n) is 3.70. The Balaban J connectivity index is 1.99. The molecule has 6 heteroatoms. The second kappa shape index (κ2) is 3.63. The molecule has 13 heavy (non-hydrogen) atoms. The average molecular weight is 214 g/mol. The largest absolute Gasteiger partial charge is 0.272 e. The Hall–Kier alpha value is -0.620. The van der Waals surface area contributed by atoms with E-state index in [4.69, 9.17) is 0 Å². The lowest BCUT2D eigenvalue weighted by Gasteiger charge is -1.95. The predicted molar refractivity (Wildman–Crippen MR) is 54.4 cm³/mol. The van der Waals surface area contributed by atoms with Crippen LogP contribution in [0.15, 0.2) is 9.98 Å². The highest BCUT2D eigenvalue weighted by molar-refractivity contribution is 8.17. The Morgan fingerprint density at radius 2 is 1.46 bits per heavy atom. The van der Waals surface area contributed by atoms with Crippen molar-refractivity contribution in [3.05, 3.63) is 0 Å². The van der Waals surface area contributed by atoms with Gasteiger partial charge in [0.1, 0.15) is 0 Å². The summed E-state index contributed by atoms with van der Waals surface area (Å²) < 4.78 is 0. The van der Waals surface area contributed by atoms with Gasteiger partial charge in [-0.25, -0.2) is 9.98 Å². The topological polar surface area (TPSA) is 58.9 Å². The van der Waals surface area contributed by atoms with Crippen molar-refractivity contribution < 1.29 is 9.59 Å². The number of carbonyl (C=O) groups excluding carboxylic acids is 2. The molecule has 0 saturated carbocycles. The van der Waals surface area contributed by atoms with Crippen LogP contribution in [0.25, 0.3) is 0 Å². The number of amides is 2. The zero-order valence-corrected chi connectivity index (χ0v) is 8.28. The molecule has 0 aromatic heterocycles. The Morgan fingerprint density at radius 3 is 1.77 bits per heavy atom. The molecule has 2 heterocycles. The van der Waals surface area contributed by atoms with E-state index >= 15 is 0 Å². The van der Waals surface area contributed by atoms with Gasteiger partial charge in [-0.1, -0.05) is 0 Å². The minimum absolute atomic E-state index is 0.0880. The van der Waals surface area contributed by atoms with Crippen molar-refractivity contribution in [2.24, 2.45) is 9.98 Å². The van der Waals surface area contributed by atoms with E-state index in [0.29, 0.717) is 17.9 Å². The van der Waals surface area contributed by atoms with E-state index in [1.807, 2.05) is 0 Å². The lowest BCUT2D eigenvalue weighted by atomic mass is 10.5. The van der Waals surface area contributed by atoms with Crippen LogP contribution in [0.2, 0.25) is 0 Å². The van der Waals surface area contributed by atoms with Gasteiger partial charge in [0.25, 0.3) is 11.8 Å². The van der Waals surface area contributed by atoms with Gasteiger partial charge in [-0.3, -0.25) is 9.59 Å². The fourth-order valence-electron chi connectivity index (χ4n) is 1.01. The molecule has 0 radical (unpaired) electrons. The van der Waals surface area contributed by atoms with Gasteiger partial charge in [-0.2, -0.15) is 0 Å². The lowest BCUT2D eigenvalue weighted by Crippen LogP contribution is -1.96. The molecule has 0 atom stereocenters. The molecule has 2 aliphatic heterocycles. The first-order valence-corrected chi connectivity index (χ1v) is 5.67. The van der Waals surface area contributed by atoms with E-state index < -0.39 is 0 Å². The van der Waals surface area contributed by atoms with E-state index in [1.54, 1.807) is 0 Å². The maximum absolute atomic E-state index is 10.8. The van der Waals surface area contributed by atoms with E-state index in [1.165, 1.54) is 23.5 Å². The first-order chi connectivity index (χ1) is 6.24. The number of carbonyl (C=O) groups is 2. The SMILES string of the molecule is O=C1CSC(CC2=NC(=O)CS2)=N1. The third kappa shape index (κ3) is 2.19. The monoisotopic (exact) mass is 214 g/mol. The third-order valence-corrected chi connectivity index (χ3v) is 3.45. The van der Waals surface area contributed by atoms with Gasteiger partial charge < -0.3 is 0 Å². The number of hydrogen-bond acceptors (Lipinski definition) is 4. The van der Waals surface area contributed by atoms with Crippen molar-refractivity contribution in [2.75, 3.05) is 11.5 Å². The summed E-state index contributed by atoms with van der Waals surface area (Å²) in [6, 6.07) is 0. The standard InChI is InChI=1S/C7H6N2O2S2/c10-4-2-12-6(8-4)1-7-9-5(11)3-13-7/h1-3H2. The molecule has 68 valence electrons. The molecule has 0 spiro atoms. The summed E-state index contributed by atoms with van der Waals surface area (Å²) in [7, 11) is 0. The Kier molecular flexibility index (Phi) is 2.50. The highest BCUT2D eigenvalue weighted by Crippen LogP contribution is 2.22. The zero-order chi connectivity index (χ0) is 9.26. The lowest BCUT2D eigenvalue weighted by molar-refractivity contribution is -0.116. The van der Waals surface area contributed by atoms with Crippen molar-refractivity contribution in [1.29, 1.82) is 0 Å². The van der Waals surface area contributed by atoms with Crippen LogP contribution >= 0.6 is 23.5 Å². The Labute approximate surface area is 83.3 Å². The van der Waals surface area contributed by atoms with Crippen LogP contribution in [-0.4, -0.2) is 33.4 Å². The van der Waals surface area contributed by atoms with Crippen molar-refractivity contribution in [2.45, 2.75) is 6.42 Å². The van der Waals surface area contributed by atoms with Crippen molar-refractivity contribution in [3.63, 3.8) is 0 Å². The van der Waals surface area contributed by atoms with Crippen LogP contribution in [0.1, 0.15) is 6.42 Å². The molecule has 0 bridgehead atoms. The molecule has 0 aromatic rings. The number of aliphatic imine (C=N–C) groups is 2. The van der Waals surface area contributed by atoms with E-state index in [0.717, 1.165) is 10.1 Å². The van der Waals surface area contributed by atoms with Gasteiger partial charge in [0.15, 0.2) is 0 Å². The van der Waals surface area contributed by atoms with Crippen LogP contribution < -0.4 is 0 Å². The number of hydrogen-bond donors (Lipinski definition) is 0. The molecule has 4 nitrogen and oxygen atoms in total. The van der Waals surface area contributed by atoms with Crippen LogP contribution in [-0.2, 0) is 9.59 Å². The second-order valence-electron chi connectivity index (χ2n) is 2.55. The third-order valence-electron chi connectivity index (χ3n) is 1.53. The molecule has 2 rings (SSSR count). The molecule has 0 saturated heterocycles. The fraction of sp³-hybridized carbons (Fsp3) is 0.429. The van der Waals surface area contributed by atoms with Gasteiger partial charge in [-0.05, 0) is 0 Å². The van der Waals surface area contributed by atoms with Crippen LogP contribution in [0.3, 0.4) is 0 Å². The molecular formula is C7H6N2O2S2. The van der Waals surface area contributed by atoms with Crippen LogP contribution in [0.5, 0.6) is 0 Å². The normalized spacial score (nSPS) is 22.2. The predicted octanol–water partition coefficient (Wildman–Crippen LogP) is 0.720. The summed E-state index contributed by atoms with van der Waals surface area (Å²) in [6.45, 7) is 0. The smallest absolute Gasteiger partial charge is 0.256 e. The highest BCUT2D eigenvalue weighted by Gasteiger charge is 2.20. The maximum Gasteiger partial charge on any atom is 0.256 e. The Bertz CT molecular complexity index is 303. The van der Waals surface area contributed by atoms with Gasteiger partial charge in [0.2, 0.25) is 0 Å². The summed E-state index contributed by atoms with van der Waals surface area (Å²) in [5.41, 5.74) is 0. The van der Waals surface area contributed by atoms with Crippen molar-refractivity contribution in [3.8, 4) is 0 Å². The fourth-order valence-corrected chi connectivity index (χ4v) is 2.62. The van der Waals surface area contributed by atoms with E-state index in [-0.39, 0.29) is 11.8 Å². The quantitative estimate of drug-likeness (QED) is 0.679. The number of thioether (sulfide) groups is 2. The summed E-state index contributed by atoms with van der Waals surface area (Å²) in [5, 5.41) is 1.57. The van der Waals surface area contributed by atoms with Gasteiger partial charge >= 0.3 is 0 Å². The van der Waals surface area contributed by atoms with Gasteiger partial charge in [0, 0.05) is 6.42 Å². The molecular weight excluding hydrogens is 208 g/mol. The van der Waals surface area contributed by atoms with E-state index in [9.17, 15) is 9.59 Å². The number of nitrogens with zero attached hydrogens (tertiary/aromatic N) is 2. The van der Waals surface area contributed by atoms with Crippen LogP contribution in [0.4, 0.5) is 0 Å². The first kappa shape index (κ1) is 8.96. The highest BCUT2D eigenvalue weighted by atomic mass is 32.2. The zero-order valence-electron chi connectivity index (χ0n) is 6.65. The second-order valence-corrected chi connectivity index (χ2v) is 4.65. The number of rotatable bonds is 2. The maximum atomic E-state index is 10.8. The molecule has 2 amide bonds. The summed E-state index contributed by atoms with van der Waals surface area (Å²) in [4.78, 5) is 29.2. The van der Waals surface area contributed by atoms with Gasteiger partial charge in [-0.15, -0.1) is 23.5 Å². The minimum atomic E-state index is -0.0880. The summed E-state index contributed by atoms with van der Waals surface area (Å²) in [5.74, 6) is 0.687. The van der Waals surface area contributed by atoms with Gasteiger partial charge in [0.05, 0.1) is 21.6 Å². The Morgan fingerprint density at radius 1 is 1.00 bits per heavy atom. The molecule has 0 aliphatic carbocycles. The molecule has 2 aliphatic rings. The van der Waals surface area contributed by atoms with Crippen LogP contribution in [0, 0.1) is 0 Å². The summed E-state index contributed by atoms with van der Waals surface area (Å²) in [6.07, 6.45) is 0.548. The molecule has 0 N–H and O–H groups in total. The van der Waals surface area contributed by atoms with Crippen molar-refractivity contribution in [1.82, 2.24) is 0 Å². The van der Waals surface area contributed by atoms with E-state index in [2.05, 4.69) is 9.98 Å². The summed E-state index contributed by atoms with van der Waals surface area (Å²) >= 11 is 2.87. The molecule has 0 aromatic carbocycles. The molecule has 0 unspecified atom stereocenters. The minimum Gasteiger partial charge on any atom is -0.272 e. The van der Waals surface area contributed by atoms with Crippen molar-refractivity contribution >= 4 is 45.4 Å².